The lowest BCUT2D eigenvalue weighted by Gasteiger charge is -2.44. The van der Waals surface area contributed by atoms with E-state index >= 15 is 0 Å². The van der Waals surface area contributed by atoms with Gasteiger partial charge in [0.2, 0.25) is 5.91 Å². The zero-order chi connectivity index (χ0) is 24.9. The van der Waals surface area contributed by atoms with Crippen molar-refractivity contribution >= 4 is 23.4 Å². The normalized spacial score (nSPS) is 17.2. The topological polar surface area (TPSA) is 85.1 Å². The fourth-order valence-electron chi connectivity index (χ4n) is 4.88. The highest BCUT2D eigenvalue weighted by Crippen LogP contribution is 2.40. The first kappa shape index (κ1) is 23.2. The highest BCUT2D eigenvalue weighted by atomic mass is 35.5. The largest absolute Gasteiger partial charge is 0.493 e. The lowest BCUT2D eigenvalue weighted by molar-refractivity contribution is -0.139. The molecule has 2 aromatic carbocycles. The third kappa shape index (κ3) is 3.80. The standard InChI is InChI=1S/C25H23ClFN3O5/c1-13-22(24(28-35-13)23-16(26)5-4-6-17(23)27)25(32)29-11-18-15-10-20(34-3)19(33-2)9-14(15)7-8-30(18)21(31)12-29/h4-6,9-10,18H,7-8,11-12H2,1-3H3/t18-/m0/s1. The molecule has 0 unspecified atom stereocenters. The number of ether oxygens (including phenoxy) is 2. The van der Waals surface area contributed by atoms with Crippen LogP contribution in [-0.2, 0) is 11.2 Å². The maximum atomic E-state index is 14.6. The van der Waals surface area contributed by atoms with Crippen LogP contribution in [0.25, 0.3) is 11.3 Å². The third-order valence-electron chi connectivity index (χ3n) is 6.61. The van der Waals surface area contributed by atoms with Crippen molar-refractivity contribution in [3.8, 4) is 22.8 Å². The molecule has 1 aromatic heterocycles. The minimum absolute atomic E-state index is 0.0147. The van der Waals surface area contributed by atoms with E-state index in [4.69, 9.17) is 25.6 Å². The maximum Gasteiger partial charge on any atom is 0.260 e. The Kier molecular flexibility index (Phi) is 5.88. The predicted octanol–water partition coefficient (Wildman–Crippen LogP) is 4.04. The maximum absolute atomic E-state index is 14.6. The molecular weight excluding hydrogens is 477 g/mol. The van der Waals surface area contributed by atoms with Crippen LogP contribution in [0.15, 0.2) is 34.9 Å². The first-order valence-corrected chi connectivity index (χ1v) is 11.5. The number of hydrogen-bond donors (Lipinski definition) is 0. The molecule has 8 nitrogen and oxygen atoms in total. The highest BCUT2D eigenvalue weighted by molar-refractivity contribution is 6.33. The van der Waals surface area contributed by atoms with E-state index < -0.39 is 11.7 Å². The van der Waals surface area contributed by atoms with Crippen LogP contribution in [0.3, 0.4) is 0 Å². The van der Waals surface area contributed by atoms with Crippen LogP contribution in [0.1, 0.15) is 33.3 Å². The molecule has 0 radical (unpaired) electrons. The molecular formula is C25H23ClFN3O5. The molecule has 35 heavy (non-hydrogen) atoms. The van der Waals surface area contributed by atoms with E-state index in [0.29, 0.717) is 24.5 Å². The second-order valence-corrected chi connectivity index (χ2v) is 8.91. The van der Waals surface area contributed by atoms with Crippen molar-refractivity contribution in [3.63, 3.8) is 0 Å². The van der Waals surface area contributed by atoms with Gasteiger partial charge >= 0.3 is 0 Å². The number of hydrogen-bond acceptors (Lipinski definition) is 6. The van der Waals surface area contributed by atoms with Crippen molar-refractivity contribution in [3.05, 3.63) is 63.6 Å². The molecule has 0 saturated carbocycles. The molecule has 0 N–H and O–H groups in total. The molecule has 5 rings (SSSR count). The number of fused-ring (bicyclic) bond motifs is 3. The van der Waals surface area contributed by atoms with Gasteiger partial charge in [-0.2, -0.15) is 0 Å². The minimum Gasteiger partial charge on any atom is -0.493 e. The molecule has 1 saturated heterocycles. The summed E-state index contributed by atoms with van der Waals surface area (Å²) in [5, 5.41) is 4.04. The monoisotopic (exact) mass is 499 g/mol. The van der Waals surface area contributed by atoms with E-state index in [0.717, 1.165) is 11.1 Å². The Balaban J connectivity index is 1.53. The summed E-state index contributed by atoms with van der Waals surface area (Å²) in [5.41, 5.74) is 2.02. The number of carbonyl (C=O) groups is 2. The van der Waals surface area contributed by atoms with Crippen molar-refractivity contribution in [2.45, 2.75) is 19.4 Å². The molecule has 2 amide bonds. The summed E-state index contributed by atoms with van der Waals surface area (Å²) in [7, 11) is 3.13. The fourth-order valence-corrected chi connectivity index (χ4v) is 5.14. The summed E-state index contributed by atoms with van der Waals surface area (Å²) in [6.45, 7) is 2.26. The number of methoxy groups -OCH3 is 2. The van der Waals surface area contributed by atoms with E-state index in [1.54, 1.807) is 26.0 Å². The first-order valence-electron chi connectivity index (χ1n) is 11.1. The summed E-state index contributed by atoms with van der Waals surface area (Å²) in [5.74, 6) is 0.113. The SMILES string of the molecule is COc1cc2c(cc1OC)[C@@H]1CN(C(=O)c3c(-c4c(F)cccc4Cl)noc3C)CC(=O)N1CC2. The first-order chi connectivity index (χ1) is 16.8. The molecule has 2 aliphatic heterocycles. The van der Waals surface area contributed by atoms with E-state index in [2.05, 4.69) is 5.16 Å². The number of amides is 2. The Bertz CT molecular complexity index is 1320. The summed E-state index contributed by atoms with van der Waals surface area (Å²) < 4.78 is 30.8. The van der Waals surface area contributed by atoms with Gasteiger partial charge in [-0.3, -0.25) is 9.59 Å². The lowest BCUT2D eigenvalue weighted by Crippen LogP contribution is -2.55. The van der Waals surface area contributed by atoms with Gasteiger partial charge in [0, 0.05) is 13.1 Å². The Labute approximate surface area is 206 Å². The molecule has 1 atom stereocenters. The Hall–Kier alpha value is -3.59. The van der Waals surface area contributed by atoms with Crippen molar-refractivity contribution in [2.75, 3.05) is 33.9 Å². The van der Waals surface area contributed by atoms with Crippen LogP contribution in [0.2, 0.25) is 5.02 Å². The van der Waals surface area contributed by atoms with E-state index in [9.17, 15) is 14.0 Å². The number of benzene rings is 2. The van der Waals surface area contributed by atoms with Crippen LogP contribution in [0.5, 0.6) is 11.5 Å². The molecule has 10 heteroatoms. The second-order valence-electron chi connectivity index (χ2n) is 8.50. The Morgan fingerprint density at radius 2 is 1.97 bits per heavy atom. The molecule has 182 valence electrons. The highest BCUT2D eigenvalue weighted by Gasteiger charge is 2.41. The zero-order valence-electron chi connectivity index (χ0n) is 19.4. The fraction of sp³-hybridized carbons (Fsp3) is 0.320. The van der Waals surface area contributed by atoms with Gasteiger partial charge in [0.05, 0.1) is 30.8 Å². The number of aromatic nitrogens is 1. The number of halogens is 2. The van der Waals surface area contributed by atoms with Crippen molar-refractivity contribution in [2.24, 2.45) is 0 Å². The Morgan fingerprint density at radius 1 is 1.23 bits per heavy atom. The molecule has 2 aliphatic rings. The molecule has 1 fully saturated rings. The average Bonchev–Trinajstić information content (AvgIpc) is 3.22. The van der Waals surface area contributed by atoms with Gasteiger partial charge in [0.1, 0.15) is 29.4 Å². The summed E-state index contributed by atoms with van der Waals surface area (Å²) >= 11 is 6.23. The third-order valence-corrected chi connectivity index (χ3v) is 6.92. The van der Waals surface area contributed by atoms with Gasteiger partial charge in [-0.15, -0.1) is 0 Å². The van der Waals surface area contributed by atoms with Crippen molar-refractivity contribution in [1.82, 2.24) is 15.0 Å². The molecule has 0 aliphatic carbocycles. The van der Waals surface area contributed by atoms with Crippen LogP contribution >= 0.6 is 11.6 Å². The quantitative estimate of drug-likeness (QED) is 0.538. The predicted molar refractivity (Wildman–Crippen MR) is 125 cm³/mol. The van der Waals surface area contributed by atoms with Crippen molar-refractivity contribution in [1.29, 1.82) is 0 Å². The van der Waals surface area contributed by atoms with Gasteiger partial charge in [-0.05, 0) is 48.7 Å². The van der Waals surface area contributed by atoms with E-state index in [1.165, 1.54) is 23.1 Å². The number of carbonyl (C=O) groups excluding carboxylic acids is 2. The molecule has 0 bridgehead atoms. The van der Waals surface area contributed by atoms with Crippen LogP contribution in [0, 0.1) is 12.7 Å². The second kappa shape index (κ2) is 8.88. The summed E-state index contributed by atoms with van der Waals surface area (Å²) in [6.07, 6.45) is 0.673. The van der Waals surface area contributed by atoms with Gasteiger partial charge in [-0.1, -0.05) is 22.8 Å². The lowest BCUT2D eigenvalue weighted by atomic mass is 9.89. The summed E-state index contributed by atoms with van der Waals surface area (Å²) in [4.78, 5) is 30.0. The number of nitrogens with zero attached hydrogens (tertiary/aromatic N) is 3. The van der Waals surface area contributed by atoms with E-state index in [-0.39, 0.29) is 52.6 Å². The molecule has 3 heterocycles. The van der Waals surface area contributed by atoms with Gasteiger partial charge in [0.25, 0.3) is 5.91 Å². The number of aryl methyl sites for hydroxylation is 1. The molecule has 0 spiro atoms. The van der Waals surface area contributed by atoms with Gasteiger partial charge < -0.3 is 23.8 Å². The van der Waals surface area contributed by atoms with Crippen molar-refractivity contribution < 1.29 is 28.0 Å². The average molecular weight is 500 g/mol. The number of piperazine rings is 1. The molecule has 3 aromatic rings. The Morgan fingerprint density at radius 3 is 2.69 bits per heavy atom. The zero-order valence-corrected chi connectivity index (χ0v) is 20.2. The smallest absolute Gasteiger partial charge is 0.260 e. The van der Waals surface area contributed by atoms with Gasteiger partial charge in [0.15, 0.2) is 11.5 Å². The summed E-state index contributed by atoms with van der Waals surface area (Å²) in [6, 6.07) is 7.64. The van der Waals surface area contributed by atoms with E-state index in [1.807, 2.05) is 12.1 Å². The minimum atomic E-state index is -0.622. The van der Waals surface area contributed by atoms with Gasteiger partial charge in [-0.25, -0.2) is 4.39 Å². The van der Waals surface area contributed by atoms with Crippen LogP contribution < -0.4 is 9.47 Å². The van der Waals surface area contributed by atoms with Crippen LogP contribution in [-0.4, -0.2) is 60.6 Å². The number of rotatable bonds is 4. The van der Waals surface area contributed by atoms with Crippen LogP contribution in [0.4, 0.5) is 4.39 Å².